The molecular formula is C11H20N4O3. The Bertz CT molecular complexity index is 313. The molecule has 0 spiro atoms. The van der Waals surface area contributed by atoms with Gasteiger partial charge in [0.2, 0.25) is 5.91 Å². The van der Waals surface area contributed by atoms with Crippen LogP contribution in [0.3, 0.4) is 0 Å². The lowest BCUT2D eigenvalue weighted by molar-refractivity contribution is -0.146. The zero-order chi connectivity index (χ0) is 13.4. The third-order valence-electron chi connectivity index (χ3n) is 2.73. The van der Waals surface area contributed by atoms with Crippen molar-refractivity contribution >= 4 is 17.7 Å². The molecule has 1 aliphatic heterocycles. The minimum Gasteiger partial charge on any atom is -0.370 e. The van der Waals surface area contributed by atoms with Gasteiger partial charge in [-0.2, -0.15) is 0 Å². The Morgan fingerprint density at radius 3 is 2.44 bits per heavy atom. The highest BCUT2D eigenvalue weighted by Crippen LogP contribution is 1.95. The Labute approximate surface area is 106 Å². The second-order valence-corrected chi connectivity index (χ2v) is 4.22. The standard InChI is InChI=1S/C11H20N4O3/c12-9(16)3-1-2-4-14-10(17)11(18)15-7-5-13-6-8-15/h13H,1-8H2,(H2,12,16)(H,14,17). The molecule has 0 saturated carbocycles. The number of hydrogen-bond acceptors (Lipinski definition) is 4. The highest BCUT2D eigenvalue weighted by molar-refractivity contribution is 6.35. The number of nitrogens with one attached hydrogen (secondary N) is 2. The molecule has 1 heterocycles. The van der Waals surface area contributed by atoms with Gasteiger partial charge < -0.3 is 21.3 Å². The lowest BCUT2D eigenvalue weighted by atomic mass is 10.2. The fourth-order valence-electron chi connectivity index (χ4n) is 1.71. The SMILES string of the molecule is NC(=O)CCCCNC(=O)C(=O)N1CCNCC1. The van der Waals surface area contributed by atoms with Gasteiger partial charge in [-0.1, -0.05) is 0 Å². The Hall–Kier alpha value is -1.63. The van der Waals surface area contributed by atoms with E-state index in [1.54, 1.807) is 0 Å². The van der Waals surface area contributed by atoms with Crippen molar-refractivity contribution in [1.82, 2.24) is 15.5 Å². The predicted octanol–water partition coefficient (Wildman–Crippen LogP) is -1.81. The van der Waals surface area contributed by atoms with E-state index < -0.39 is 11.8 Å². The van der Waals surface area contributed by atoms with Gasteiger partial charge in [-0.05, 0) is 12.8 Å². The molecule has 0 unspecified atom stereocenters. The summed E-state index contributed by atoms with van der Waals surface area (Å²) in [6.07, 6.45) is 1.57. The molecule has 102 valence electrons. The van der Waals surface area contributed by atoms with Crippen molar-refractivity contribution in [3.05, 3.63) is 0 Å². The van der Waals surface area contributed by atoms with Crippen LogP contribution in [0.2, 0.25) is 0 Å². The van der Waals surface area contributed by atoms with Gasteiger partial charge in [0.15, 0.2) is 0 Å². The van der Waals surface area contributed by atoms with Gasteiger partial charge in [0.1, 0.15) is 0 Å². The van der Waals surface area contributed by atoms with Gasteiger partial charge in [-0.15, -0.1) is 0 Å². The Morgan fingerprint density at radius 2 is 1.83 bits per heavy atom. The summed E-state index contributed by atoms with van der Waals surface area (Å²) in [5.74, 6) is -1.40. The van der Waals surface area contributed by atoms with Crippen molar-refractivity contribution in [2.75, 3.05) is 32.7 Å². The number of unbranched alkanes of at least 4 members (excludes halogenated alkanes) is 1. The zero-order valence-corrected chi connectivity index (χ0v) is 10.4. The predicted molar refractivity (Wildman–Crippen MR) is 65.5 cm³/mol. The molecule has 0 bridgehead atoms. The molecule has 4 N–H and O–H groups in total. The molecule has 1 aliphatic rings. The summed E-state index contributed by atoms with van der Waals surface area (Å²) in [5.41, 5.74) is 4.99. The molecule has 0 aromatic rings. The molecule has 0 aliphatic carbocycles. The van der Waals surface area contributed by atoms with Crippen molar-refractivity contribution in [3.8, 4) is 0 Å². The van der Waals surface area contributed by atoms with Crippen LogP contribution in [0.15, 0.2) is 0 Å². The highest BCUT2D eigenvalue weighted by Gasteiger charge is 2.22. The second kappa shape index (κ2) is 7.65. The number of carbonyl (C=O) groups excluding carboxylic acids is 3. The fraction of sp³-hybridized carbons (Fsp3) is 0.727. The third-order valence-corrected chi connectivity index (χ3v) is 2.73. The van der Waals surface area contributed by atoms with Gasteiger partial charge in [0, 0.05) is 39.1 Å². The van der Waals surface area contributed by atoms with Gasteiger partial charge in [0.25, 0.3) is 0 Å². The minimum atomic E-state index is -0.573. The smallest absolute Gasteiger partial charge is 0.311 e. The Morgan fingerprint density at radius 1 is 1.17 bits per heavy atom. The number of hydrogen-bond donors (Lipinski definition) is 3. The molecule has 7 nitrogen and oxygen atoms in total. The molecule has 0 atom stereocenters. The van der Waals surface area contributed by atoms with Crippen LogP contribution in [0.1, 0.15) is 19.3 Å². The van der Waals surface area contributed by atoms with E-state index in [1.807, 2.05) is 0 Å². The number of nitrogens with two attached hydrogens (primary N) is 1. The number of rotatable bonds is 5. The van der Waals surface area contributed by atoms with E-state index in [-0.39, 0.29) is 5.91 Å². The normalized spacial score (nSPS) is 15.2. The molecular weight excluding hydrogens is 236 g/mol. The van der Waals surface area contributed by atoms with Crippen LogP contribution in [0, 0.1) is 0 Å². The van der Waals surface area contributed by atoms with Crippen LogP contribution >= 0.6 is 0 Å². The topological polar surface area (TPSA) is 105 Å². The van der Waals surface area contributed by atoms with Gasteiger partial charge in [0.05, 0.1) is 0 Å². The highest BCUT2D eigenvalue weighted by atomic mass is 16.2. The molecule has 3 amide bonds. The lowest BCUT2D eigenvalue weighted by Gasteiger charge is -2.26. The quantitative estimate of drug-likeness (QED) is 0.398. The molecule has 7 heteroatoms. The molecule has 0 radical (unpaired) electrons. The van der Waals surface area contributed by atoms with E-state index >= 15 is 0 Å². The van der Waals surface area contributed by atoms with Crippen LogP contribution in [0.4, 0.5) is 0 Å². The molecule has 1 saturated heterocycles. The summed E-state index contributed by atoms with van der Waals surface area (Å²) in [6.45, 7) is 2.96. The first kappa shape index (κ1) is 14.4. The number of carbonyl (C=O) groups is 3. The number of nitrogens with zero attached hydrogens (tertiary/aromatic N) is 1. The summed E-state index contributed by atoms with van der Waals surface area (Å²) in [7, 11) is 0. The van der Waals surface area contributed by atoms with Crippen molar-refractivity contribution in [3.63, 3.8) is 0 Å². The molecule has 0 aromatic heterocycles. The maximum absolute atomic E-state index is 11.7. The molecule has 0 aromatic carbocycles. The summed E-state index contributed by atoms with van der Waals surface area (Å²) in [5, 5.41) is 5.66. The molecule has 1 fully saturated rings. The monoisotopic (exact) mass is 256 g/mol. The second-order valence-electron chi connectivity index (χ2n) is 4.22. The zero-order valence-electron chi connectivity index (χ0n) is 10.4. The first-order valence-electron chi connectivity index (χ1n) is 6.17. The summed E-state index contributed by atoms with van der Waals surface area (Å²) >= 11 is 0. The Balaban J connectivity index is 2.15. The Kier molecular flexibility index (Phi) is 6.13. The average molecular weight is 256 g/mol. The van der Waals surface area contributed by atoms with E-state index in [4.69, 9.17) is 5.73 Å². The lowest BCUT2D eigenvalue weighted by Crippen LogP contribution is -2.51. The van der Waals surface area contributed by atoms with Gasteiger partial charge >= 0.3 is 11.8 Å². The van der Waals surface area contributed by atoms with Gasteiger partial charge in [-0.25, -0.2) is 0 Å². The van der Waals surface area contributed by atoms with Crippen molar-refractivity contribution in [1.29, 1.82) is 0 Å². The van der Waals surface area contributed by atoms with Crippen LogP contribution < -0.4 is 16.4 Å². The molecule has 1 rings (SSSR count). The first-order chi connectivity index (χ1) is 8.61. The van der Waals surface area contributed by atoms with Crippen molar-refractivity contribution < 1.29 is 14.4 Å². The number of piperazine rings is 1. The maximum Gasteiger partial charge on any atom is 0.311 e. The van der Waals surface area contributed by atoms with Gasteiger partial charge in [-0.3, -0.25) is 14.4 Å². The van der Waals surface area contributed by atoms with Crippen LogP contribution in [0.5, 0.6) is 0 Å². The summed E-state index contributed by atoms with van der Waals surface area (Å²) in [6, 6.07) is 0. The summed E-state index contributed by atoms with van der Waals surface area (Å²) in [4.78, 5) is 35.2. The van der Waals surface area contributed by atoms with E-state index in [1.165, 1.54) is 4.90 Å². The van der Waals surface area contributed by atoms with Crippen LogP contribution in [-0.4, -0.2) is 55.3 Å². The van der Waals surface area contributed by atoms with E-state index in [2.05, 4.69) is 10.6 Å². The van der Waals surface area contributed by atoms with Crippen molar-refractivity contribution in [2.24, 2.45) is 5.73 Å². The first-order valence-corrected chi connectivity index (χ1v) is 6.17. The minimum absolute atomic E-state index is 0.307. The van der Waals surface area contributed by atoms with E-state index in [0.717, 1.165) is 13.1 Å². The average Bonchev–Trinajstić information content (AvgIpc) is 2.38. The maximum atomic E-state index is 11.7. The van der Waals surface area contributed by atoms with Crippen LogP contribution in [-0.2, 0) is 14.4 Å². The number of amides is 3. The fourth-order valence-corrected chi connectivity index (χ4v) is 1.71. The van der Waals surface area contributed by atoms with Crippen LogP contribution in [0.25, 0.3) is 0 Å². The van der Waals surface area contributed by atoms with E-state index in [9.17, 15) is 14.4 Å². The summed E-state index contributed by atoms with van der Waals surface area (Å²) < 4.78 is 0. The van der Waals surface area contributed by atoms with E-state index in [0.29, 0.717) is 38.9 Å². The third kappa shape index (κ3) is 5.13. The number of primary amides is 1. The van der Waals surface area contributed by atoms with Crippen molar-refractivity contribution in [2.45, 2.75) is 19.3 Å². The largest absolute Gasteiger partial charge is 0.370 e. The molecule has 18 heavy (non-hydrogen) atoms.